The van der Waals surface area contributed by atoms with Crippen LogP contribution >= 0.6 is 0 Å². The van der Waals surface area contributed by atoms with Crippen molar-refractivity contribution in [3.8, 4) is 0 Å². The van der Waals surface area contributed by atoms with Crippen LogP contribution in [0.5, 0.6) is 0 Å². The lowest BCUT2D eigenvalue weighted by Gasteiger charge is -2.26. The minimum absolute atomic E-state index is 0.0845. The number of hydrogen-bond donors (Lipinski definition) is 0. The summed E-state index contributed by atoms with van der Waals surface area (Å²) in [5.41, 5.74) is 1.56. The molecule has 1 aliphatic heterocycles. The number of nitrogens with zero attached hydrogens (tertiary/aromatic N) is 1. The molecule has 62 valence electrons. The van der Waals surface area contributed by atoms with E-state index in [4.69, 9.17) is 0 Å². The Morgan fingerprint density at radius 1 is 1.15 bits per heavy atom. The summed E-state index contributed by atoms with van der Waals surface area (Å²) in [6.45, 7) is 0. The molecule has 0 N–H and O–H groups in total. The summed E-state index contributed by atoms with van der Waals surface area (Å²) in [5.74, 6) is 0.0845. The average Bonchev–Trinajstić information content (AvgIpc) is 2.54. The van der Waals surface area contributed by atoms with Gasteiger partial charge in [-0.1, -0.05) is 12.2 Å². The molecule has 0 aromatic carbocycles. The predicted molar refractivity (Wildman–Crippen MR) is 50.4 cm³/mol. The van der Waals surface area contributed by atoms with Crippen LogP contribution in [0.15, 0.2) is 53.2 Å². The van der Waals surface area contributed by atoms with E-state index in [-0.39, 0.29) is 11.2 Å². The zero-order valence-corrected chi connectivity index (χ0v) is 6.90. The molecular formula is C11H7NO. The first kappa shape index (κ1) is 6.78. The zero-order valence-electron chi connectivity index (χ0n) is 6.90. The van der Waals surface area contributed by atoms with E-state index in [2.05, 4.69) is 4.99 Å². The molecule has 0 aromatic rings. The van der Waals surface area contributed by atoms with Crippen molar-refractivity contribution in [2.75, 3.05) is 0 Å². The van der Waals surface area contributed by atoms with E-state index < -0.39 is 0 Å². The molecule has 3 aliphatic rings. The summed E-state index contributed by atoms with van der Waals surface area (Å²) in [6.07, 6.45) is 13.0. The van der Waals surface area contributed by atoms with E-state index >= 15 is 0 Å². The lowest BCUT2D eigenvalue weighted by molar-refractivity contribution is -0.111. The number of carbonyl (C=O) groups excluding carboxylic acids is 1. The second kappa shape index (κ2) is 1.96. The SMILES string of the molecule is O=C1C=CC23C=CN=C2C=CC1=C3. The van der Waals surface area contributed by atoms with Gasteiger partial charge < -0.3 is 0 Å². The van der Waals surface area contributed by atoms with Gasteiger partial charge in [-0.05, 0) is 24.3 Å². The van der Waals surface area contributed by atoms with Crippen molar-refractivity contribution in [2.24, 2.45) is 10.4 Å². The first-order valence-electron chi connectivity index (χ1n) is 4.21. The minimum atomic E-state index is -0.210. The molecule has 13 heavy (non-hydrogen) atoms. The first-order valence-corrected chi connectivity index (χ1v) is 4.21. The van der Waals surface area contributed by atoms with Crippen LogP contribution < -0.4 is 0 Å². The van der Waals surface area contributed by atoms with Gasteiger partial charge in [0.2, 0.25) is 0 Å². The molecule has 2 heteroatoms. The monoisotopic (exact) mass is 169 g/mol. The number of ketones is 1. The van der Waals surface area contributed by atoms with Gasteiger partial charge in [-0.15, -0.1) is 0 Å². The Morgan fingerprint density at radius 2 is 2.08 bits per heavy atom. The molecule has 2 bridgehead atoms. The number of rotatable bonds is 0. The van der Waals surface area contributed by atoms with Crippen LogP contribution in [0.4, 0.5) is 0 Å². The van der Waals surface area contributed by atoms with Gasteiger partial charge in [-0.25, -0.2) is 0 Å². The first-order chi connectivity index (χ1) is 6.30. The Bertz CT molecular complexity index is 449. The van der Waals surface area contributed by atoms with Gasteiger partial charge in [-0.2, -0.15) is 0 Å². The van der Waals surface area contributed by atoms with Crippen molar-refractivity contribution in [3.05, 3.63) is 48.2 Å². The van der Waals surface area contributed by atoms with Crippen LogP contribution in [0.1, 0.15) is 0 Å². The van der Waals surface area contributed by atoms with Crippen LogP contribution in [-0.4, -0.2) is 11.5 Å². The van der Waals surface area contributed by atoms with Crippen LogP contribution in [0, 0.1) is 5.41 Å². The van der Waals surface area contributed by atoms with Crippen molar-refractivity contribution in [1.29, 1.82) is 0 Å². The standard InChI is InChI=1S/C11H7NO/c13-9-3-4-11-5-6-12-10(11)2-1-8(9)7-11/h1-7H. The summed E-state index contributed by atoms with van der Waals surface area (Å²) in [4.78, 5) is 15.6. The number of hydrogen-bond acceptors (Lipinski definition) is 2. The molecular weight excluding hydrogens is 162 g/mol. The second-order valence-corrected chi connectivity index (χ2v) is 3.39. The molecule has 3 rings (SSSR count). The van der Waals surface area contributed by atoms with E-state index in [1.54, 1.807) is 12.3 Å². The number of aliphatic imine (C=N–C) groups is 1. The molecule has 0 saturated heterocycles. The number of allylic oxidation sites excluding steroid dienone is 7. The quantitative estimate of drug-likeness (QED) is 0.541. The van der Waals surface area contributed by atoms with Gasteiger partial charge in [0.1, 0.15) is 0 Å². The minimum Gasteiger partial charge on any atom is -0.289 e. The molecule has 0 saturated carbocycles. The summed E-state index contributed by atoms with van der Waals surface area (Å²) in [6, 6.07) is 0. The molecule has 0 amide bonds. The van der Waals surface area contributed by atoms with Gasteiger partial charge in [0, 0.05) is 11.8 Å². The van der Waals surface area contributed by atoms with Crippen LogP contribution in [0.25, 0.3) is 0 Å². The normalized spacial score (nSPS) is 33.1. The maximum atomic E-state index is 11.3. The third-order valence-corrected chi connectivity index (χ3v) is 2.62. The van der Waals surface area contributed by atoms with Gasteiger partial charge in [-0.3, -0.25) is 9.79 Å². The third-order valence-electron chi connectivity index (χ3n) is 2.62. The zero-order chi connectivity index (χ0) is 8.89. The fraction of sp³-hybridized carbons (Fsp3) is 0.0909. The highest BCUT2D eigenvalue weighted by molar-refractivity contribution is 6.16. The fourth-order valence-electron chi connectivity index (χ4n) is 1.87. The maximum absolute atomic E-state index is 11.3. The van der Waals surface area contributed by atoms with Gasteiger partial charge >= 0.3 is 0 Å². The Labute approximate surface area is 75.7 Å². The highest BCUT2D eigenvalue weighted by Gasteiger charge is 2.35. The Kier molecular flexibility index (Phi) is 1.02. The Morgan fingerprint density at radius 3 is 3.00 bits per heavy atom. The third kappa shape index (κ3) is 0.724. The molecule has 0 radical (unpaired) electrons. The van der Waals surface area contributed by atoms with E-state index in [0.717, 1.165) is 11.3 Å². The molecule has 1 atom stereocenters. The van der Waals surface area contributed by atoms with E-state index in [0.29, 0.717) is 0 Å². The molecule has 1 heterocycles. The van der Waals surface area contributed by atoms with Gasteiger partial charge in [0.15, 0.2) is 5.78 Å². The Balaban J connectivity index is 2.26. The van der Waals surface area contributed by atoms with Crippen LogP contribution in [0.3, 0.4) is 0 Å². The van der Waals surface area contributed by atoms with Crippen molar-refractivity contribution in [2.45, 2.75) is 0 Å². The average molecular weight is 169 g/mol. The maximum Gasteiger partial charge on any atom is 0.185 e. The molecule has 0 aromatic heterocycles. The fourth-order valence-corrected chi connectivity index (χ4v) is 1.87. The van der Waals surface area contributed by atoms with E-state index in [1.807, 2.05) is 30.4 Å². The van der Waals surface area contributed by atoms with Gasteiger partial charge in [0.25, 0.3) is 0 Å². The smallest absolute Gasteiger partial charge is 0.185 e. The Hall–Kier alpha value is -1.70. The molecule has 1 spiro atoms. The molecule has 2 aliphatic carbocycles. The molecule has 0 fully saturated rings. The number of carbonyl (C=O) groups is 1. The van der Waals surface area contributed by atoms with Gasteiger partial charge in [0.05, 0.1) is 11.1 Å². The lowest BCUT2D eigenvalue weighted by Crippen LogP contribution is -2.27. The van der Waals surface area contributed by atoms with E-state index in [1.165, 1.54) is 0 Å². The van der Waals surface area contributed by atoms with Crippen LogP contribution in [-0.2, 0) is 4.79 Å². The lowest BCUT2D eigenvalue weighted by atomic mass is 9.75. The summed E-state index contributed by atoms with van der Waals surface area (Å²) >= 11 is 0. The highest BCUT2D eigenvalue weighted by atomic mass is 16.1. The summed E-state index contributed by atoms with van der Waals surface area (Å²) < 4.78 is 0. The topological polar surface area (TPSA) is 29.4 Å². The van der Waals surface area contributed by atoms with E-state index in [9.17, 15) is 4.79 Å². The predicted octanol–water partition coefficient (Wildman–Crippen LogP) is 1.58. The van der Waals surface area contributed by atoms with Crippen molar-refractivity contribution < 1.29 is 4.79 Å². The highest BCUT2D eigenvalue weighted by Crippen LogP contribution is 2.37. The molecule has 1 unspecified atom stereocenters. The van der Waals surface area contributed by atoms with Crippen molar-refractivity contribution >= 4 is 11.5 Å². The summed E-state index contributed by atoms with van der Waals surface area (Å²) in [5, 5.41) is 0. The molecule has 2 nitrogen and oxygen atoms in total. The second-order valence-electron chi connectivity index (χ2n) is 3.39. The van der Waals surface area contributed by atoms with Crippen molar-refractivity contribution in [1.82, 2.24) is 0 Å². The summed E-state index contributed by atoms with van der Waals surface area (Å²) in [7, 11) is 0. The van der Waals surface area contributed by atoms with Crippen molar-refractivity contribution in [3.63, 3.8) is 0 Å². The van der Waals surface area contributed by atoms with Crippen LogP contribution in [0.2, 0.25) is 0 Å². The largest absolute Gasteiger partial charge is 0.289 e.